The number of halogens is 2. The number of hydrogen-bond donors (Lipinski definition) is 0. The summed E-state index contributed by atoms with van der Waals surface area (Å²) in [7, 11) is 1.80. The van der Waals surface area contributed by atoms with Gasteiger partial charge in [0, 0.05) is 18.4 Å². The van der Waals surface area contributed by atoms with Crippen LogP contribution in [-0.4, -0.2) is 14.7 Å². The summed E-state index contributed by atoms with van der Waals surface area (Å²) in [4.78, 5) is 10.7. The molecule has 112 valence electrons. The Bertz CT molecular complexity index is 686. The number of rotatable bonds is 5. The Hall–Kier alpha value is -1.41. The van der Waals surface area contributed by atoms with Crippen LogP contribution >= 0.6 is 31.9 Å². The second kappa shape index (κ2) is 6.57. The van der Waals surface area contributed by atoms with Crippen molar-refractivity contribution in [1.82, 2.24) is 9.78 Å². The van der Waals surface area contributed by atoms with E-state index in [1.54, 1.807) is 23.9 Å². The minimum atomic E-state index is -0.439. The van der Waals surface area contributed by atoms with Crippen LogP contribution in [0.1, 0.15) is 17.0 Å². The fourth-order valence-electron chi connectivity index (χ4n) is 1.89. The first kappa shape index (κ1) is 16.0. The Morgan fingerprint density at radius 3 is 2.71 bits per heavy atom. The van der Waals surface area contributed by atoms with Crippen molar-refractivity contribution in [2.45, 2.75) is 18.9 Å². The summed E-state index contributed by atoms with van der Waals surface area (Å²) in [6.07, 6.45) is 0. The second-order valence-corrected chi connectivity index (χ2v) is 5.80. The lowest BCUT2D eigenvalue weighted by molar-refractivity contribution is -0.386. The van der Waals surface area contributed by atoms with Crippen molar-refractivity contribution in [3.8, 4) is 5.75 Å². The number of alkyl halides is 1. The average molecular weight is 419 g/mol. The standard InChI is InChI=1S/C13H13Br2N3O3/c1-8-13(15)11(17(2)16-8)7-21-12-4-3-9(6-14)5-10(12)18(19)20/h3-5H,6-7H2,1-2H3. The minimum Gasteiger partial charge on any atom is -0.480 e. The Kier molecular flexibility index (Phi) is 5.00. The number of nitro benzene ring substituents is 1. The summed E-state index contributed by atoms with van der Waals surface area (Å²) < 4.78 is 8.16. The molecule has 0 unspecified atom stereocenters. The molecule has 0 aliphatic heterocycles. The number of aromatic nitrogens is 2. The first-order valence-electron chi connectivity index (χ1n) is 6.08. The third-order valence-corrected chi connectivity index (χ3v) is 4.68. The lowest BCUT2D eigenvalue weighted by Gasteiger charge is -2.08. The minimum absolute atomic E-state index is 0.0398. The van der Waals surface area contributed by atoms with E-state index in [4.69, 9.17) is 4.74 Å². The lowest BCUT2D eigenvalue weighted by Crippen LogP contribution is -2.05. The molecule has 0 N–H and O–H groups in total. The highest BCUT2D eigenvalue weighted by Crippen LogP contribution is 2.30. The van der Waals surface area contributed by atoms with Crippen molar-refractivity contribution < 1.29 is 9.66 Å². The van der Waals surface area contributed by atoms with Gasteiger partial charge in [-0.15, -0.1) is 0 Å². The van der Waals surface area contributed by atoms with Crippen LogP contribution in [-0.2, 0) is 19.0 Å². The zero-order valence-corrected chi connectivity index (χ0v) is 14.6. The summed E-state index contributed by atoms with van der Waals surface area (Å²) in [6.45, 7) is 2.08. The third kappa shape index (κ3) is 3.44. The molecule has 0 amide bonds. The molecule has 0 radical (unpaired) electrons. The SMILES string of the molecule is Cc1nn(C)c(COc2ccc(CBr)cc2[N+](=O)[O-])c1Br. The molecule has 0 bridgehead atoms. The number of ether oxygens (including phenoxy) is 1. The van der Waals surface area contributed by atoms with Crippen LogP contribution in [0.5, 0.6) is 5.75 Å². The molecule has 0 aliphatic carbocycles. The van der Waals surface area contributed by atoms with Gasteiger partial charge in [0.25, 0.3) is 0 Å². The quantitative estimate of drug-likeness (QED) is 0.419. The van der Waals surface area contributed by atoms with Crippen LogP contribution in [0.15, 0.2) is 22.7 Å². The zero-order valence-electron chi connectivity index (χ0n) is 11.5. The Morgan fingerprint density at radius 2 is 2.19 bits per heavy atom. The van der Waals surface area contributed by atoms with E-state index in [1.807, 2.05) is 6.92 Å². The average Bonchev–Trinajstić information content (AvgIpc) is 2.70. The van der Waals surface area contributed by atoms with Crippen LogP contribution in [0.2, 0.25) is 0 Å². The highest BCUT2D eigenvalue weighted by atomic mass is 79.9. The molecule has 0 saturated heterocycles. The van der Waals surface area contributed by atoms with Gasteiger partial charge in [-0.1, -0.05) is 22.0 Å². The van der Waals surface area contributed by atoms with Crippen molar-refractivity contribution in [2.24, 2.45) is 7.05 Å². The van der Waals surface area contributed by atoms with E-state index in [2.05, 4.69) is 37.0 Å². The van der Waals surface area contributed by atoms with Gasteiger partial charge in [-0.2, -0.15) is 5.10 Å². The molecule has 0 fully saturated rings. The lowest BCUT2D eigenvalue weighted by atomic mass is 10.2. The summed E-state index contributed by atoms with van der Waals surface area (Å²) in [5.74, 6) is 0.246. The normalized spacial score (nSPS) is 10.7. The Labute approximate surface area is 138 Å². The number of nitro groups is 1. The smallest absolute Gasteiger partial charge is 0.311 e. The van der Waals surface area contributed by atoms with E-state index in [0.29, 0.717) is 5.33 Å². The molecule has 1 aromatic carbocycles. The maximum absolute atomic E-state index is 11.1. The summed E-state index contributed by atoms with van der Waals surface area (Å²) in [6, 6.07) is 4.92. The molecule has 21 heavy (non-hydrogen) atoms. The van der Waals surface area contributed by atoms with Crippen molar-refractivity contribution in [3.63, 3.8) is 0 Å². The van der Waals surface area contributed by atoms with Gasteiger partial charge in [0.15, 0.2) is 5.75 Å². The Morgan fingerprint density at radius 1 is 1.48 bits per heavy atom. The zero-order chi connectivity index (χ0) is 15.6. The van der Waals surface area contributed by atoms with E-state index in [0.717, 1.165) is 21.4 Å². The largest absolute Gasteiger partial charge is 0.480 e. The molecule has 2 aromatic rings. The molecular weight excluding hydrogens is 406 g/mol. The van der Waals surface area contributed by atoms with Crippen molar-refractivity contribution in [3.05, 3.63) is 49.7 Å². The van der Waals surface area contributed by atoms with Crippen LogP contribution < -0.4 is 4.74 Å². The number of benzene rings is 1. The highest BCUT2D eigenvalue weighted by Gasteiger charge is 2.18. The van der Waals surface area contributed by atoms with Crippen molar-refractivity contribution in [2.75, 3.05) is 0 Å². The van der Waals surface area contributed by atoms with Gasteiger partial charge in [-0.3, -0.25) is 14.8 Å². The summed E-state index contributed by atoms with van der Waals surface area (Å²) in [5.41, 5.74) is 2.46. The molecule has 1 heterocycles. The van der Waals surface area contributed by atoms with Gasteiger partial charge in [0.05, 0.1) is 20.8 Å². The molecule has 6 nitrogen and oxygen atoms in total. The van der Waals surface area contributed by atoms with Crippen LogP contribution in [0.4, 0.5) is 5.69 Å². The van der Waals surface area contributed by atoms with Crippen molar-refractivity contribution >= 4 is 37.5 Å². The van der Waals surface area contributed by atoms with Gasteiger partial charge < -0.3 is 4.74 Å². The molecule has 8 heteroatoms. The van der Waals surface area contributed by atoms with Gasteiger partial charge in [0.2, 0.25) is 0 Å². The third-order valence-electron chi connectivity index (χ3n) is 3.00. The van der Waals surface area contributed by atoms with E-state index in [1.165, 1.54) is 6.07 Å². The maximum atomic E-state index is 11.1. The second-order valence-electron chi connectivity index (χ2n) is 4.45. The van der Waals surface area contributed by atoms with Gasteiger partial charge >= 0.3 is 5.69 Å². The van der Waals surface area contributed by atoms with Gasteiger partial charge in [0.1, 0.15) is 6.61 Å². The van der Waals surface area contributed by atoms with Crippen LogP contribution in [0.25, 0.3) is 0 Å². The predicted octanol–water partition coefficient (Wildman–Crippen LogP) is 3.87. The van der Waals surface area contributed by atoms with Crippen molar-refractivity contribution in [1.29, 1.82) is 0 Å². The van der Waals surface area contributed by atoms with E-state index >= 15 is 0 Å². The molecule has 2 rings (SSSR count). The first-order valence-corrected chi connectivity index (χ1v) is 7.99. The number of aryl methyl sites for hydroxylation is 2. The predicted molar refractivity (Wildman–Crippen MR) is 85.7 cm³/mol. The molecule has 0 saturated carbocycles. The van der Waals surface area contributed by atoms with Crippen LogP contribution in [0, 0.1) is 17.0 Å². The molecule has 0 atom stereocenters. The topological polar surface area (TPSA) is 70.2 Å². The van der Waals surface area contributed by atoms with Gasteiger partial charge in [-0.05, 0) is 34.5 Å². The monoisotopic (exact) mass is 417 g/mol. The van der Waals surface area contributed by atoms with Gasteiger partial charge in [-0.25, -0.2) is 0 Å². The molecule has 0 spiro atoms. The number of hydrogen-bond acceptors (Lipinski definition) is 4. The molecule has 0 aliphatic rings. The maximum Gasteiger partial charge on any atom is 0.311 e. The Balaban J connectivity index is 2.25. The molecular formula is C13H13Br2N3O3. The van der Waals surface area contributed by atoms with E-state index in [-0.39, 0.29) is 18.0 Å². The molecule has 1 aromatic heterocycles. The summed E-state index contributed by atoms with van der Waals surface area (Å²) in [5, 5.41) is 15.9. The van der Waals surface area contributed by atoms with E-state index in [9.17, 15) is 10.1 Å². The first-order chi connectivity index (χ1) is 9.93. The summed E-state index contributed by atoms with van der Waals surface area (Å²) >= 11 is 6.72. The number of nitrogens with zero attached hydrogens (tertiary/aromatic N) is 3. The van der Waals surface area contributed by atoms with E-state index < -0.39 is 4.92 Å². The van der Waals surface area contributed by atoms with Crippen LogP contribution in [0.3, 0.4) is 0 Å². The fraction of sp³-hybridized carbons (Fsp3) is 0.308. The highest BCUT2D eigenvalue weighted by molar-refractivity contribution is 9.10. The fourth-order valence-corrected chi connectivity index (χ4v) is 2.69.